The molecule has 2 unspecified atom stereocenters. The Morgan fingerprint density at radius 1 is 1.00 bits per heavy atom. The summed E-state index contributed by atoms with van der Waals surface area (Å²) in [4.78, 5) is 2.76. The highest BCUT2D eigenvalue weighted by molar-refractivity contribution is 5.24. The van der Waals surface area contributed by atoms with Crippen LogP contribution in [0.25, 0.3) is 0 Å². The summed E-state index contributed by atoms with van der Waals surface area (Å²) in [7, 11) is 0. The number of rotatable bonds is 5. The van der Waals surface area contributed by atoms with E-state index < -0.39 is 0 Å². The summed E-state index contributed by atoms with van der Waals surface area (Å²) in [6.07, 6.45) is 10.0. The van der Waals surface area contributed by atoms with E-state index in [1.54, 1.807) is 0 Å². The van der Waals surface area contributed by atoms with Gasteiger partial charge in [-0.2, -0.15) is 0 Å². The SMILES string of the molecule is c1cc(CNC2CC2)cc(CN2CCC3CCCCC32)c1. The summed E-state index contributed by atoms with van der Waals surface area (Å²) in [5, 5.41) is 3.63. The molecule has 0 bridgehead atoms. The number of hydrogen-bond acceptors (Lipinski definition) is 2. The molecule has 1 N–H and O–H groups in total. The average Bonchev–Trinajstić information content (AvgIpc) is 3.27. The molecule has 1 aliphatic heterocycles. The van der Waals surface area contributed by atoms with Crippen molar-refractivity contribution in [1.29, 1.82) is 0 Å². The first-order chi connectivity index (χ1) is 10.4. The fourth-order valence-corrected chi connectivity index (χ4v) is 4.32. The van der Waals surface area contributed by atoms with E-state index in [2.05, 4.69) is 34.5 Å². The van der Waals surface area contributed by atoms with Crippen molar-refractivity contribution in [3.63, 3.8) is 0 Å². The third-order valence-electron chi connectivity index (χ3n) is 5.67. The molecule has 1 saturated heterocycles. The molecule has 1 aromatic rings. The first-order valence-electron chi connectivity index (χ1n) is 8.94. The van der Waals surface area contributed by atoms with Crippen molar-refractivity contribution in [2.24, 2.45) is 5.92 Å². The third-order valence-corrected chi connectivity index (χ3v) is 5.67. The van der Waals surface area contributed by atoms with E-state index in [4.69, 9.17) is 0 Å². The average molecular weight is 284 g/mol. The molecule has 2 atom stereocenters. The number of fused-ring (bicyclic) bond motifs is 1. The van der Waals surface area contributed by atoms with E-state index in [-0.39, 0.29) is 0 Å². The van der Waals surface area contributed by atoms with Gasteiger partial charge in [0.25, 0.3) is 0 Å². The summed E-state index contributed by atoms with van der Waals surface area (Å²) in [5.41, 5.74) is 2.97. The van der Waals surface area contributed by atoms with Crippen LogP contribution in [0.2, 0.25) is 0 Å². The molecule has 2 nitrogen and oxygen atoms in total. The normalized spacial score (nSPS) is 29.5. The Balaban J connectivity index is 1.38. The van der Waals surface area contributed by atoms with Gasteiger partial charge in [-0.05, 0) is 55.7 Å². The van der Waals surface area contributed by atoms with Crippen molar-refractivity contribution in [3.8, 4) is 0 Å². The molecular weight excluding hydrogens is 256 g/mol. The second kappa shape index (κ2) is 6.10. The molecule has 1 heterocycles. The molecule has 3 aliphatic rings. The monoisotopic (exact) mass is 284 g/mol. The van der Waals surface area contributed by atoms with Crippen LogP contribution in [-0.2, 0) is 13.1 Å². The van der Waals surface area contributed by atoms with E-state index in [0.717, 1.165) is 24.5 Å². The van der Waals surface area contributed by atoms with Crippen molar-refractivity contribution < 1.29 is 0 Å². The van der Waals surface area contributed by atoms with E-state index in [1.807, 2.05) is 0 Å². The van der Waals surface area contributed by atoms with Gasteiger partial charge in [0.1, 0.15) is 0 Å². The number of likely N-dealkylation sites (tertiary alicyclic amines) is 1. The molecule has 2 saturated carbocycles. The van der Waals surface area contributed by atoms with Crippen LogP contribution >= 0.6 is 0 Å². The van der Waals surface area contributed by atoms with Gasteiger partial charge in [-0.1, -0.05) is 37.1 Å². The molecule has 4 rings (SSSR count). The van der Waals surface area contributed by atoms with Gasteiger partial charge >= 0.3 is 0 Å². The highest BCUT2D eigenvalue weighted by Gasteiger charge is 2.35. The van der Waals surface area contributed by atoms with Crippen LogP contribution in [-0.4, -0.2) is 23.5 Å². The molecule has 0 radical (unpaired) electrons. The molecule has 0 amide bonds. The molecule has 1 aromatic carbocycles. The standard InChI is InChI=1S/C19H28N2/c1-2-7-19-17(6-1)10-11-21(19)14-16-5-3-4-15(12-16)13-20-18-8-9-18/h3-5,12,17-20H,1-2,6-11,13-14H2. The maximum Gasteiger partial charge on any atom is 0.0236 e. The van der Waals surface area contributed by atoms with Crippen LogP contribution in [0.1, 0.15) is 56.1 Å². The van der Waals surface area contributed by atoms with Gasteiger partial charge in [-0.15, -0.1) is 0 Å². The summed E-state index contributed by atoms with van der Waals surface area (Å²) in [6.45, 7) is 3.53. The van der Waals surface area contributed by atoms with Crippen LogP contribution in [0.5, 0.6) is 0 Å². The van der Waals surface area contributed by atoms with Gasteiger partial charge in [-0.25, -0.2) is 0 Å². The molecular formula is C19H28N2. The fraction of sp³-hybridized carbons (Fsp3) is 0.684. The van der Waals surface area contributed by atoms with Crippen molar-refractivity contribution in [2.75, 3.05) is 6.54 Å². The van der Waals surface area contributed by atoms with E-state index in [0.29, 0.717) is 0 Å². The van der Waals surface area contributed by atoms with Gasteiger partial charge < -0.3 is 5.32 Å². The van der Waals surface area contributed by atoms with Crippen molar-refractivity contribution in [2.45, 2.75) is 70.1 Å². The summed E-state index contributed by atoms with van der Waals surface area (Å²) >= 11 is 0. The number of nitrogens with zero attached hydrogens (tertiary/aromatic N) is 1. The van der Waals surface area contributed by atoms with E-state index in [1.165, 1.54) is 69.2 Å². The molecule has 0 aromatic heterocycles. The van der Waals surface area contributed by atoms with Crippen LogP contribution in [0.15, 0.2) is 24.3 Å². The zero-order valence-electron chi connectivity index (χ0n) is 13.1. The van der Waals surface area contributed by atoms with E-state index >= 15 is 0 Å². The van der Waals surface area contributed by atoms with Crippen LogP contribution < -0.4 is 5.32 Å². The lowest BCUT2D eigenvalue weighted by molar-refractivity contribution is 0.176. The highest BCUT2D eigenvalue weighted by atomic mass is 15.2. The summed E-state index contributed by atoms with van der Waals surface area (Å²) < 4.78 is 0. The van der Waals surface area contributed by atoms with Gasteiger partial charge in [-0.3, -0.25) is 4.90 Å². The smallest absolute Gasteiger partial charge is 0.0236 e. The number of nitrogens with one attached hydrogen (secondary N) is 1. The van der Waals surface area contributed by atoms with Gasteiger partial charge in [0.2, 0.25) is 0 Å². The van der Waals surface area contributed by atoms with Crippen LogP contribution in [0.4, 0.5) is 0 Å². The molecule has 0 spiro atoms. The molecule has 2 aliphatic carbocycles. The van der Waals surface area contributed by atoms with Gasteiger partial charge in [0.05, 0.1) is 0 Å². The summed E-state index contributed by atoms with van der Waals surface area (Å²) in [6, 6.07) is 10.9. The maximum atomic E-state index is 3.63. The predicted octanol–water partition coefficient (Wildman–Crippen LogP) is 3.70. The number of benzene rings is 1. The second-order valence-electron chi connectivity index (χ2n) is 7.35. The third kappa shape index (κ3) is 3.32. The molecule has 3 fully saturated rings. The van der Waals surface area contributed by atoms with Crippen molar-refractivity contribution >= 4 is 0 Å². The first-order valence-corrected chi connectivity index (χ1v) is 8.94. The molecule has 21 heavy (non-hydrogen) atoms. The summed E-state index contributed by atoms with van der Waals surface area (Å²) in [5.74, 6) is 0.999. The van der Waals surface area contributed by atoms with Crippen molar-refractivity contribution in [1.82, 2.24) is 10.2 Å². The van der Waals surface area contributed by atoms with Crippen LogP contribution in [0.3, 0.4) is 0 Å². The second-order valence-corrected chi connectivity index (χ2v) is 7.35. The fourth-order valence-electron chi connectivity index (χ4n) is 4.32. The predicted molar refractivity (Wildman–Crippen MR) is 87.1 cm³/mol. The highest BCUT2D eigenvalue weighted by Crippen LogP contribution is 2.36. The zero-order valence-corrected chi connectivity index (χ0v) is 13.1. The minimum Gasteiger partial charge on any atom is -0.310 e. The Labute approximate surface area is 128 Å². The maximum absolute atomic E-state index is 3.63. The lowest BCUT2D eigenvalue weighted by Gasteiger charge is -2.31. The van der Waals surface area contributed by atoms with Gasteiger partial charge in [0, 0.05) is 25.2 Å². The van der Waals surface area contributed by atoms with Gasteiger partial charge in [0.15, 0.2) is 0 Å². The lowest BCUT2D eigenvalue weighted by atomic mass is 9.85. The lowest BCUT2D eigenvalue weighted by Crippen LogP contribution is -2.34. The number of hydrogen-bond donors (Lipinski definition) is 1. The quantitative estimate of drug-likeness (QED) is 0.887. The minimum absolute atomic E-state index is 0.801. The molecule has 114 valence electrons. The largest absolute Gasteiger partial charge is 0.310 e. The minimum atomic E-state index is 0.801. The Hall–Kier alpha value is -0.860. The van der Waals surface area contributed by atoms with Crippen LogP contribution in [0, 0.1) is 5.92 Å². The topological polar surface area (TPSA) is 15.3 Å². The van der Waals surface area contributed by atoms with E-state index in [9.17, 15) is 0 Å². The molecule has 2 heteroatoms. The Morgan fingerprint density at radius 2 is 1.86 bits per heavy atom. The first kappa shape index (κ1) is 13.8. The Morgan fingerprint density at radius 3 is 2.76 bits per heavy atom. The Bertz CT molecular complexity index is 480. The zero-order chi connectivity index (χ0) is 14.1. The van der Waals surface area contributed by atoms with Crippen molar-refractivity contribution in [3.05, 3.63) is 35.4 Å². The Kier molecular flexibility index (Phi) is 4.00.